The Kier molecular flexibility index (Phi) is 2.98. The smallest absolute Gasteiger partial charge is 0.237 e. The number of amides is 1. The van der Waals surface area contributed by atoms with Gasteiger partial charge in [-0.25, -0.2) is 0 Å². The molecule has 1 saturated carbocycles. The van der Waals surface area contributed by atoms with Crippen LogP contribution in [0.1, 0.15) is 32.6 Å². The zero-order valence-electron chi connectivity index (χ0n) is 9.25. The lowest BCUT2D eigenvalue weighted by molar-refractivity contribution is -0.127. The van der Waals surface area contributed by atoms with E-state index in [1.165, 1.54) is 0 Å². The first-order chi connectivity index (χ1) is 7.17. The zero-order chi connectivity index (χ0) is 10.9. The Labute approximate surface area is 90.4 Å². The van der Waals surface area contributed by atoms with Gasteiger partial charge in [-0.1, -0.05) is 6.92 Å². The maximum Gasteiger partial charge on any atom is 0.237 e. The highest BCUT2D eigenvalue weighted by molar-refractivity contribution is 5.83. The second-order valence-electron chi connectivity index (χ2n) is 4.98. The zero-order valence-corrected chi connectivity index (χ0v) is 9.25. The van der Waals surface area contributed by atoms with E-state index < -0.39 is 0 Å². The molecule has 0 radical (unpaired) electrons. The van der Waals surface area contributed by atoms with E-state index in [1.807, 2.05) is 0 Å². The second-order valence-corrected chi connectivity index (χ2v) is 4.98. The van der Waals surface area contributed by atoms with Gasteiger partial charge in [0.2, 0.25) is 5.91 Å². The fourth-order valence-electron chi connectivity index (χ4n) is 2.45. The minimum atomic E-state index is -0.304. The van der Waals surface area contributed by atoms with Gasteiger partial charge in [-0.15, -0.1) is 0 Å². The predicted molar refractivity (Wildman–Crippen MR) is 57.4 cm³/mol. The Morgan fingerprint density at radius 3 is 2.73 bits per heavy atom. The van der Waals surface area contributed by atoms with Gasteiger partial charge in [0.15, 0.2) is 0 Å². The van der Waals surface area contributed by atoms with Crippen molar-refractivity contribution in [1.82, 2.24) is 10.6 Å². The first-order valence-corrected chi connectivity index (χ1v) is 5.83. The molecule has 0 aromatic rings. The van der Waals surface area contributed by atoms with Crippen molar-refractivity contribution < 1.29 is 9.90 Å². The SMILES string of the molecule is CC1CCNC1C(=O)NC1(CO)CCC1. The maximum atomic E-state index is 11.9. The normalized spacial score (nSPS) is 33.5. The molecule has 1 saturated heterocycles. The fraction of sp³-hybridized carbons (Fsp3) is 0.909. The summed E-state index contributed by atoms with van der Waals surface area (Å²) in [6, 6.07) is -0.0611. The second kappa shape index (κ2) is 4.10. The van der Waals surface area contributed by atoms with Crippen molar-refractivity contribution in [2.45, 2.75) is 44.2 Å². The summed E-state index contributed by atoms with van der Waals surface area (Å²) in [5.41, 5.74) is -0.304. The van der Waals surface area contributed by atoms with Crippen LogP contribution in [0.5, 0.6) is 0 Å². The Hall–Kier alpha value is -0.610. The van der Waals surface area contributed by atoms with Crippen molar-refractivity contribution >= 4 is 5.91 Å². The van der Waals surface area contributed by atoms with Crippen molar-refractivity contribution in [3.8, 4) is 0 Å². The molecule has 4 heteroatoms. The number of aliphatic hydroxyl groups excluding tert-OH is 1. The quantitative estimate of drug-likeness (QED) is 0.618. The highest BCUT2D eigenvalue weighted by Crippen LogP contribution is 2.31. The number of carbonyl (C=O) groups excluding carboxylic acids is 1. The Morgan fingerprint density at radius 2 is 2.33 bits per heavy atom. The topological polar surface area (TPSA) is 61.4 Å². The minimum absolute atomic E-state index is 0.0611. The summed E-state index contributed by atoms with van der Waals surface area (Å²) >= 11 is 0. The van der Waals surface area contributed by atoms with Crippen LogP contribution in [0.4, 0.5) is 0 Å². The van der Waals surface area contributed by atoms with Crippen LogP contribution in [-0.4, -0.2) is 35.7 Å². The highest BCUT2D eigenvalue weighted by Gasteiger charge is 2.40. The van der Waals surface area contributed by atoms with Gasteiger partial charge in [-0.05, 0) is 38.1 Å². The number of nitrogens with one attached hydrogen (secondary N) is 2. The van der Waals surface area contributed by atoms with E-state index in [9.17, 15) is 9.90 Å². The lowest BCUT2D eigenvalue weighted by Gasteiger charge is -2.41. The van der Waals surface area contributed by atoms with Crippen LogP contribution in [0.25, 0.3) is 0 Å². The van der Waals surface area contributed by atoms with Gasteiger partial charge in [-0.2, -0.15) is 0 Å². The molecule has 0 spiro atoms. The standard InChI is InChI=1S/C11H20N2O2/c1-8-3-6-12-9(8)10(15)13-11(7-14)4-2-5-11/h8-9,12,14H,2-7H2,1H3,(H,13,15). The molecular weight excluding hydrogens is 192 g/mol. The average molecular weight is 212 g/mol. The molecule has 86 valence electrons. The van der Waals surface area contributed by atoms with E-state index in [-0.39, 0.29) is 24.1 Å². The molecule has 3 N–H and O–H groups in total. The summed E-state index contributed by atoms with van der Waals surface area (Å²) in [6.45, 7) is 3.09. The molecule has 0 aromatic carbocycles. The van der Waals surface area contributed by atoms with Crippen molar-refractivity contribution in [3.05, 3.63) is 0 Å². The molecule has 0 bridgehead atoms. The summed E-state index contributed by atoms with van der Waals surface area (Å²) in [5.74, 6) is 0.467. The number of hydrogen-bond acceptors (Lipinski definition) is 3. The van der Waals surface area contributed by atoms with E-state index in [0.29, 0.717) is 5.92 Å². The van der Waals surface area contributed by atoms with Crippen molar-refractivity contribution in [3.63, 3.8) is 0 Å². The van der Waals surface area contributed by atoms with Crippen LogP contribution in [0.3, 0.4) is 0 Å². The molecular formula is C11H20N2O2. The summed E-state index contributed by atoms with van der Waals surface area (Å²) in [7, 11) is 0. The molecule has 2 fully saturated rings. The van der Waals surface area contributed by atoms with Gasteiger partial charge >= 0.3 is 0 Å². The van der Waals surface area contributed by atoms with Crippen LogP contribution < -0.4 is 10.6 Å². The number of carbonyl (C=O) groups is 1. The molecule has 2 unspecified atom stereocenters. The van der Waals surface area contributed by atoms with Gasteiger partial charge in [0, 0.05) is 0 Å². The summed E-state index contributed by atoms with van der Waals surface area (Å²) in [4.78, 5) is 11.9. The molecule has 1 aliphatic heterocycles. The van der Waals surface area contributed by atoms with Crippen LogP contribution in [0.15, 0.2) is 0 Å². The van der Waals surface area contributed by atoms with E-state index >= 15 is 0 Å². The van der Waals surface area contributed by atoms with E-state index in [4.69, 9.17) is 0 Å². The molecule has 2 atom stereocenters. The number of hydrogen-bond donors (Lipinski definition) is 3. The Balaban J connectivity index is 1.91. The molecule has 2 rings (SSSR count). The van der Waals surface area contributed by atoms with Gasteiger partial charge in [0.25, 0.3) is 0 Å². The van der Waals surface area contributed by atoms with Crippen LogP contribution in [0, 0.1) is 5.92 Å². The van der Waals surface area contributed by atoms with Crippen LogP contribution >= 0.6 is 0 Å². The maximum absolute atomic E-state index is 11.9. The first kappa shape index (κ1) is 10.9. The largest absolute Gasteiger partial charge is 0.394 e. The van der Waals surface area contributed by atoms with Crippen molar-refractivity contribution in [2.75, 3.05) is 13.2 Å². The third kappa shape index (κ3) is 2.01. The number of aliphatic hydroxyl groups is 1. The van der Waals surface area contributed by atoms with Gasteiger partial charge in [0.05, 0.1) is 18.2 Å². The fourth-order valence-corrected chi connectivity index (χ4v) is 2.45. The molecule has 15 heavy (non-hydrogen) atoms. The predicted octanol–water partition coefficient (Wildman–Crippen LogP) is 0.0156. The summed E-state index contributed by atoms with van der Waals surface area (Å²) in [6.07, 6.45) is 3.99. The summed E-state index contributed by atoms with van der Waals surface area (Å²) < 4.78 is 0. The minimum Gasteiger partial charge on any atom is -0.394 e. The lowest BCUT2D eigenvalue weighted by Crippen LogP contribution is -2.60. The molecule has 4 nitrogen and oxygen atoms in total. The van der Waals surface area contributed by atoms with Crippen molar-refractivity contribution in [1.29, 1.82) is 0 Å². The lowest BCUT2D eigenvalue weighted by atomic mass is 9.77. The third-order valence-electron chi connectivity index (χ3n) is 3.82. The monoisotopic (exact) mass is 212 g/mol. The molecule has 1 heterocycles. The van der Waals surface area contributed by atoms with Gasteiger partial charge in [-0.3, -0.25) is 4.79 Å². The molecule has 1 aliphatic carbocycles. The van der Waals surface area contributed by atoms with Crippen LogP contribution in [-0.2, 0) is 4.79 Å². The molecule has 1 amide bonds. The summed E-state index contributed by atoms with van der Waals surface area (Å²) in [5, 5.41) is 15.5. The Morgan fingerprint density at radius 1 is 1.60 bits per heavy atom. The van der Waals surface area contributed by atoms with Gasteiger partial charge in [0.1, 0.15) is 0 Å². The molecule has 2 aliphatic rings. The first-order valence-electron chi connectivity index (χ1n) is 5.83. The highest BCUT2D eigenvalue weighted by atomic mass is 16.3. The molecule has 0 aromatic heterocycles. The van der Waals surface area contributed by atoms with E-state index in [2.05, 4.69) is 17.6 Å². The van der Waals surface area contributed by atoms with E-state index in [1.54, 1.807) is 0 Å². The Bertz CT molecular complexity index is 245. The van der Waals surface area contributed by atoms with E-state index in [0.717, 1.165) is 32.2 Å². The van der Waals surface area contributed by atoms with Crippen molar-refractivity contribution in [2.24, 2.45) is 5.92 Å². The van der Waals surface area contributed by atoms with Crippen LogP contribution in [0.2, 0.25) is 0 Å². The average Bonchev–Trinajstić information content (AvgIpc) is 2.58. The van der Waals surface area contributed by atoms with Gasteiger partial charge < -0.3 is 15.7 Å². The number of rotatable bonds is 3. The third-order valence-corrected chi connectivity index (χ3v) is 3.82.